The van der Waals surface area contributed by atoms with Gasteiger partial charge in [-0.3, -0.25) is 5.41 Å². The predicted octanol–water partition coefficient (Wildman–Crippen LogP) is 4.56. The van der Waals surface area contributed by atoms with Gasteiger partial charge in [-0.05, 0) is 38.0 Å². The van der Waals surface area contributed by atoms with E-state index in [1.807, 2.05) is 13.8 Å². The first-order valence-electron chi connectivity index (χ1n) is 9.09. The number of rotatable bonds is 1. The zero-order valence-electron chi connectivity index (χ0n) is 15.0. The minimum atomic E-state index is -1.93. The van der Waals surface area contributed by atoms with E-state index in [0.717, 1.165) is 25.7 Å². The van der Waals surface area contributed by atoms with Crippen LogP contribution in [0.25, 0.3) is 0 Å². The van der Waals surface area contributed by atoms with Crippen LogP contribution in [0, 0.1) is 29.1 Å². The molecule has 1 spiro atoms. The number of nitrogens with one attached hydrogen (secondary N) is 1. The van der Waals surface area contributed by atoms with Crippen LogP contribution in [-0.2, 0) is 24.0 Å². The lowest BCUT2D eigenvalue weighted by molar-refractivity contribution is -0.576. The monoisotopic (exact) mass is 427 g/mol. The van der Waals surface area contributed by atoms with Crippen LogP contribution in [0.4, 0.5) is 0 Å². The van der Waals surface area contributed by atoms with Crippen molar-refractivity contribution in [3.05, 3.63) is 0 Å². The first kappa shape index (κ1) is 19.5. The second-order valence-electron chi connectivity index (χ2n) is 8.22. The zero-order valence-corrected chi connectivity index (χ0v) is 17.2. The number of ether oxygens (including phenoxy) is 3. The maximum Gasteiger partial charge on any atom is 0.265 e. The lowest BCUT2D eigenvalue weighted by atomic mass is 9.58. The second kappa shape index (κ2) is 6.34. The molecule has 4 aliphatic heterocycles. The van der Waals surface area contributed by atoms with Gasteiger partial charge in [-0.2, -0.15) is 0 Å². The fraction of sp³-hybridized carbons (Fsp3) is 0.941. The van der Waals surface area contributed by atoms with Crippen molar-refractivity contribution in [2.24, 2.45) is 23.7 Å². The molecular weight excluding hydrogens is 405 g/mol. The van der Waals surface area contributed by atoms with Gasteiger partial charge in [-0.15, -0.1) is 0 Å². The molecule has 9 heteroatoms. The number of hydrogen-bond donors (Lipinski definition) is 1. The highest BCUT2D eigenvalue weighted by Gasteiger charge is 2.69. The Kier molecular flexibility index (Phi) is 4.76. The van der Waals surface area contributed by atoms with Crippen molar-refractivity contribution in [1.29, 1.82) is 5.41 Å². The van der Waals surface area contributed by atoms with Crippen LogP contribution >= 0.6 is 34.8 Å². The average molecular weight is 429 g/mol. The first-order valence-corrected chi connectivity index (χ1v) is 10.2. The summed E-state index contributed by atoms with van der Waals surface area (Å²) in [6.45, 7) is 6.13. The molecule has 6 nitrogen and oxygen atoms in total. The quantitative estimate of drug-likeness (QED) is 0.287. The van der Waals surface area contributed by atoms with E-state index in [-0.39, 0.29) is 17.8 Å². The lowest BCUT2D eigenvalue weighted by Gasteiger charge is -2.60. The normalized spacial score (nSPS) is 50.7. The number of alkyl halides is 3. The molecular formula is C17H24Cl3NO5. The van der Waals surface area contributed by atoms with Gasteiger partial charge in [0.2, 0.25) is 18.0 Å². The highest BCUT2D eigenvalue weighted by molar-refractivity contribution is 6.76. The van der Waals surface area contributed by atoms with Crippen LogP contribution in [-0.4, -0.2) is 33.7 Å². The van der Waals surface area contributed by atoms with E-state index in [1.54, 1.807) is 0 Å². The minimum absolute atomic E-state index is 0.0800. The summed E-state index contributed by atoms with van der Waals surface area (Å²) in [7, 11) is 0. The SMILES string of the molecule is CC1[C@H](OC(=N)C(Cl)(Cl)Cl)O[C@@H]2O[C@@]3(C)CC[C@H]4[C@H](C)CC[C@@H]1[C@@]24OO3. The van der Waals surface area contributed by atoms with Gasteiger partial charge in [0.25, 0.3) is 3.79 Å². The smallest absolute Gasteiger partial charge is 0.265 e. The summed E-state index contributed by atoms with van der Waals surface area (Å²) in [4.78, 5) is 11.8. The van der Waals surface area contributed by atoms with Gasteiger partial charge in [0.05, 0.1) is 0 Å². The van der Waals surface area contributed by atoms with Gasteiger partial charge >= 0.3 is 0 Å². The van der Waals surface area contributed by atoms with E-state index in [0.29, 0.717) is 5.92 Å². The summed E-state index contributed by atoms with van der Waals surface area (Å²) in [5.41, 5.74) is -0.672. The Hall–Kier alpha value is 0.180. The molecule has 0 aromatic heterocycles. The predicted molar refractivity (Wildman–Crippen MR) is 95.9 cm³/mol. The van der Waals surface area contributed by atoms with E-state index in [4.69, 9.17) is 64.2 Å². The Morgan fingerprint density at radius 2 is 1.85 bits per heavy atom. The van der Waals surface area contributed by atoms with Crippen LogP contribution in [0.2, 0.25) is 0 Å². The summed E-state index contributed by atoms with van der Waals surface area (Å²) in [5, 5.41) is 7.90. The van der Waals surface area contributed by atoms with Gasteiger partial charge in [0, 0.05) is 18.3 Å². The molecule has 0 aromatic carbocycles. The topological polar surface area (TPSA) is 70.0 Å². The molecule has 26 heavy (non-hydrogen) atoms. The van der Waals surface area contributed by atoms with Gasteiger partial charge in [-0.25, -0.2) is 9.78 Å². The molecule has 1 N–H and O–H groups in total. The molecule has 1 aliphatic carbocycles. The van der Waals surface area contributed by atoms with Crippen molar-refractivity contribution in [2.75, 3.05) is 0 Å². The molecule has 2 bridgehead atoms. The van der Waals surface area contributed by atoms with E-state index in [1.165, 1.54) is 0 Å². The summed E-state index contributed by atoms with van der Waals surface area (Å²) >= 11 is 17.3. The minimum Gasteiger partial charge on any atom is -0.448 e. The summed E-state index contributed by atoms with van der Waals surface area (Å²) in [6.07, 6.45) is 2.31. The first-order chi connectivity index (χ1) is 12.1. The number of halogens is 3. The Balaban J connectivity index is 1.67. The standard InChI is InChI=1S/C17H24Cl3NO5/c1-8-4-5-11-9(2)12(22-13(21)17(18,19)20)23-14-16(11)10(8)6-7-15(3,24-14)25-26-16/h8-12,14,21H,4-7H2,1-3H3/t8-,9?,10+,11+,12-,14-,15-,16-/m1/s1. The number of fused-ring (bicyclic) bond motifs is 2. The summed E-state index contributed by atoms with van der Waals surface area (Å²) in [6, 6.07) is 0. The van der Waals surface area contributed by atoms with Crippen molar-refractivity contribution in [2.45, 2.75) is 74.2 Å². The third-order valence-corrected chi connectivity index (χ3v) is 7.10. The van der Waals surface area contributed by atoms with Crippen molar-refractivity contribution < 1.29 is 24.0 Å². The molecule has 0 radical (unpaired) electrons. The van der Waals surface area contributed by atoms with Crippen molar-refractivity contribution in [3.63, 3.8) is 0 Å². The molecule has 4 saturated heterocycles. The van der Waals surface area contributed by atoms with Gasteiger partial charge in [0.1, 0.15) is 0 Å². The molecule has 148 valence electrons. The van der Waals surface area contributed by atoms with Gasteiger partial charge < -0.3 is 14.2 Å². The molecule has 1 unspecified atom stereocenters. The Morgan fingerprint density at radius 3 is 2.54 bits per heavy atom. The van der Waals surface area contributed by atoms with Crippen molar-refractivity contribution >= 4 is 40.7 Å². The van der Waals surface area contributed by atoms with Crippen LogP contribution in [0.15, 0.2) is 0 Å². The van der Waals surface area contributed by atoms with E-state index < -0.39 is 33.7 Å². The van der Waals surface area contributed by atoms with Crippen LogP contribution in [0.1, 0.15) is 46.5 Å². The largest absolute Gasteiger partial charge is 0.448 e. The third kappa shape index (κ3) is 2.88. The molecule has 0 aromatic rings. The Labute approximate surface area is 168 Å². The third-order valence-electron chi connectivity index (χ3n) is 6.59. The molecule has 5 fully saturated rings. The van der Waals surface area contributed by atoms with E-state index in [2.05, 4.69) is 6.92 Å². The molecule has 5 aliphatic rings. The fourth-order valence-electron chi connectivity index (χ4n) is 5.19. The van der Waals surface area contributed by atoms with Crippen molar-refractivity contribution in [3.8, 4) is 0 Å². The second-order valence-corrected chi connectivity index (χ2v) is 10.5. The highest BCUT2D eigenvalue weighted by Crippen LogP contribution is 2.60. The maximum absolute atomic E-state index is 7.90. The number of hydrogen-bond acceptors (Lipinski definition) is 6. The maximum atomic E-state index is 7.90. The molecule has 4 heterocycles. The molecule has 1 saturated carbocycles. The Morgan fingerprint density at radius 1 is 1.12 bits per heavy atom. The molecule has 8 atom stereocenters. The van der Waals surface area contributed by atoms with Gasteiger partial charge in [0.15, 0.2) is 11.9 Å². The lowest BCUT2D eigenvalue weighted by Crippen LogP contribution is -2.70. The molecule has 0 amide bonds. The highest BCUT2D eigenvalue weighted by atomic mass is 35.6. The summed E-state index contributed by atoms with van der Waals surface area (Å²) < 4.78 is 16.0. The molecule has 5 rings (SSSR count). The van der Waals surface area contributed by atoms with E-state index >= 15 is 0 Å². The van der Waals surface area contributed by atoms with E-state index in [9.17, 15) is 0 Å². The van der Waals surface area contributed by atoms with Gasteiger partial charge in [-0.1, -0.05) is 48.7 Å². The summed E-state index contributed by atoms with van der Waals surface area (Å²) in [5.74, 6) is -0.549. The van der Waals surface area contributed by atoms with Crippen LogP contribution in [0.3, 0.4) is 0 Å². The van der Waals surface area contributed by atoms with Crippen molar-refractivity contribution in [1.82, 2.24) is 0 Å². The van der Waals surface area contributed by atoms with Crippen LogP contribution < -0.4 is 0 Å². The van der Waals surface area contributed by atoms with Crippen LogP contribution in [0.5, 0.6) is 0 Å². The fourth-order valence-corrected chi connectivity index (χ4v) is 5.32. The Bertz CT molecular complexity index is 601. The zero-order chi connectivity index (χ0) is 18.9. The average Bonchev–Trinajstić information content (AvgIpc) is 2.77.